The third-order valence-electron chi connectivity index (χ3n) is 4.36. The molecule has 1 aromatic carbocycles. The van der Waals surface area contributed by atoms with E-state index in [1.807, 2.05) is 30.5 Å². The Labute approximate surface area is 139 Å². The van der Waals surface area contributed by atoms with Gasteiger partial charge < -0.3 is 14.6 Å². The van der Waals surface area contributed by atoms with E-state index in [9.17, 15) is 4.79 Å². The zero-order chi connectivity index (χ0) is 16.4. The molecule has 6 nitrogen and oxygen atoms in total. The number of H-pyrrole nitrogens is 1. The Bertz CT molecular complexity index is 840. The van der Waals surface area contributed by atoms with Crippen LogP contribution >= 0.6 is 0 Å². The molecule has 0 saturated carbocycles. The third-order valence-corrected chi connectivity index (χ3v) is 4.36. The second kappa shape index (κ2) is 6.41. The smallest absolute Gasteiger partial charge is 0.259 e. The first-order chi connectivity index (χ1) is 11.8. The normalized spacial score (nSPS) is 17.2. The van der Waals surface area contributed by atoms with Crippen LogP contribution in [-0.2, 0) is 4.74 Å². The molecule has 1 atom stereocenters. The molecule has 0 bridgehead atoms. The predicted octanol–water partition coefficient (Wildman–Crippen LogP) is 2.78. The summed E-state index contributed by atoms with van der Waals surface area (Å²) in [4.78, 5) is 18.1. The van der Waals surface area contributed by atoms with Crippen LogP contribution in [0.4, 0.5) is 5.69 Å². The average Bonchev–Trinajstić information content (AvgIpc) is 3.31. The SMILES string of the molecule is O=C(c1cccc2[nH]ccc12)N(CC1CCCO1)c1ccnnc1. The van der Waals surface area contributed by atoms with Gasteiger partial charge in [0, 0.05) is 29.3 Å². The Kier molecular flexibility index (Phi) is 3.96. The number of amides is 1. The quantitative estimate of drug-likeness (QED) is 0.802. The van der Waals surface area contributed by atoms with Crippen molar-refractivity contribution >= 4 is 22.5 Å². The van der Waals surface area contributed by atoms with Crippen LogP contribution in [0.25, 0.3) is 10.9 Å². The van der Waals surface area contributed by atoms with Gasteiger partial charge in [0.1, 0.15) is 0 Å². The van der Waals surface area contributed by atoms with E-state index in [4.69, 9.17) is 4.74 Å². The minimum Gasteiger partial charge on any atom is -0.376 e. The van der Waals surface area contributed by atoms with Gasteiger partial charge in [0.25, 0.3) is 5.91 Å². The zero-order valence-corrected chi connectivity index (χ0v) is 13.2. The lowest BCUT2D eigenvalue weighted by Crippen LogP contribution is -2.37. The highest BCUT2D eigenvalue weighted by Gasteiger charge is 2.26. The molecular formula is C18H18N4O2. The summed E-state index contributed by atoms with van der Waals surface area (Å²) >= 11 is 0. The van der Waals surface area contributed by atoms with Crippen LogP contribution in [0, 0.1) is 0 Å². The van der Waals surface area contributed by atoms with E-state index in [0.29, 0.717) is 12.1 Å². The fraction of sp³-hybridized carbons (Fsp3) is 0.278. The number of fused-ring (bicyclic) bond motifs is 1. The first kappa shape index (κ1) is 14.8. The molecule has 0 radical (unpaired) electrons. The average molecular weight is 322 g/mol. The Balaban J connectivity index is 1.72. The molecule has 4 rings (SSSR count). The van der Waals surface area contributed by atoms with Crippen molar-refractivity contribution in [2.45, 2.75) is 18.9 Å². The van der Waals surface area contributed by atoms with Gasteiger partial charge in [-0.25, -0.2) is 0 Å². The third kappa shape index (κ3) is 2.76. The van der Waals surface area contributed by atoms with Crippen molar-refractivity contribution in [3.05, 3.63) is 54.5 Å². The van der Waals surface area contributed by atoms with Gasteiger partial charge in [0.05, 0.1) is 30.7 Å². The molecule has 1 amide bonds. The van der Waals surface area contributed by atoms with Gasteiger partial charge >= 0.3 is 0 Å². The van der Waals surface area contributed by atoms with Crippen molar-refractivity contribution in [2.75, 3.05) is 18.1 Å². The fourth-order valence-corrected chi connectivity index (χ4v) is 3.16. The first-order valence-electron chi connectivity index (χ1n) is 8.09. The molecule has 122 valence electrons. The van der Waals surface area contributed by atoms with E-state index < -0.39 is 0 Å². The van der Waals surface area contributed by atoms with E-state index in [0.717, 1.165) is 36.0 Å². The summed E-state index contributed by atoms with van der Waals surface area (Å²) in [5, 5.41) is 8.65. The van der Waals surface area contributed by atoms with Crippen LogP contribution in [0.2, 0.25) is 0 Å². The highest BCUT2D eigenvalue weighted by atomic mass is 16.5. The lowest BCUT2D eigenvalue weighted by atomic mass is 10.1. The molecule has 2 aromatic heterocycles. The number of ether oxygens (including phenoxy) is 1. The predicted molar refractivity (Wildman–Crippen MR) is 91.0 cm³/mol. The number of carbonyl (C=O) groups is 1. The maximum Gasteiger partial charge on any atom is 0.259 e. The summed E-state index contributed by atoms with van der Waals surface area (Å²) < 4.78 is 5.73. The Morgan fingerprint density at radius 1 is 1.29 bits per heavy atom. The molecule has 1 saturated heterocycles. The number of aromatic nitrogens is 3. The highest BCUT2D eigenvalue weighted by Crippen LogP contribution is 2.24. The molecule has 24 heavy (non-hydrogen) atoms. The molecule has 1 N–H and O–H groups in total. The van der Waals surface area contributed by atoms with Gasteiger partial charge in [0.15, 0.2) is 0 Å². The molecule has 0 aliphatic carbocycles. The van der Waals surface area contributed by atoms with Gasteiger partial charge in [-0.1, -0.05) is 6.07 Å². The number of nitrogens with zero attached hydrogens (tertiary/aromatic N) is 3. The summed E-state index contributed by atoms with van der Waals surface area (Å²) in [6.45, 7) is 1.28. The standard InChI is InChI=1S/C18H18N4O2/c23-18(16-4-1-5-17-15(16)7-8-19-17)22(12-14-3-2-10-24-14)13-6-9-20-21-11-13/h1,4-9,11,14,19H,2-3,10,12H2. The fourth-order valence-electron chi connectivity index (χ4n) is 3.16. The topological polar surface area (TPSA) is 71.1 Å². The van der Waals surface area contributed by atoms with Gasteiger partial charge in [-0.2, -0.15) is 10.2 Å². The van der Waals surface area contributed by atoms with E-state index in [1.165, 1.54) is 0 Å². The molecule has 3 aromatic rings. The van der Waals surface area contributed by atoms with Crippen LogP contribution in [-0.4, -0.2) is 40.3 Å². The highest BCUT2D eigenvalue weighted by molar-refractivity contribution is 6.13. The maximum absolute atomic E-state index is 13.3. The molecule has 6 heteroatoms. The van der Waals surface area contributed by atoms with Crippen LogP contribution in [0.1, 0.15) is 23.2 Å². The van der Waals surface area contributed by atoms with Crippen molar-refractivity contribution < 1.29 is 9.53 Å². The number of hydrogen-bond acceptors (Lipinski definition) is 4. The van der Waals surface area contributed by atoms with Crippen molar-refractivity contribution in [1.29, 1.82) is 0 Å². The number of rotatable bonds is 4. The summed E-state index contributed by atoms with van der Waals surface area (Å²) in [6, 6.07) is 9.44. The maximum atomic E-state index is 13.3. The van der Waals surface area contributed by atoms with E-state index >= 15 is 0 Å². The van der Waals surface area contributed by atoms with Crippen molar-refractivity contribution in [3.63, 3.8) is 0 Å². The van der Waals surface area contributed by atoms with Crippen LogP contribution < -0.4 is 4.90 Å². The summed E-state index contributed by atoms with van der Waals surface area (Å²) in [5.74, 6) is -0.0521. The minimum absolute atomic E-state index is 0.0521. The van der Waals surface area contributed by atoms with Crippen molar-refractivity contribution in [3.8, 4) is 0 Å². The van der Waals surface area contributed by atoms with Crippen molar-refractivity contribution in [2.24, 2.45) is 0 Å². The van der Waals surface area contributed by atoms with Crippen LogP contribution in [0.3, 0.4) is 0 Å². The Morgan fingerprint density at radius 3 is 3.04 bits per heavy atom. The van der Waals surface area contributed by atoms with Crippen LogP contribution in [0.5, 0.6) is 0 Å². The van der Waals surface area contributed by atoms with Gasteiger partial charge in [-0.3, -0.25) is 4.79 Å². The molecule has 1 fully saturated rings. The second-order valence-corrected chi connectivity index (χ2v) is 5.90. The van der Waals surface area contributed by atoms with E-state index in [-0.39, 0.29) is 12.0 Å². The van der Waals surface area contributed by atoms with Gasteiger partial charge in [-0.05, 0) is 37.1 Å². The molecule has 3 heterocycles. The number of carbonyl (C=O) groups excluding carboxylic acids is 1. The number of anilines is 1. The Morgan fingerprint density at radius 2 is 2.25 bits per heavy atom. The largest absolute Gasteiger partial charge is 0.376 e. The summed E-state index contributed by atoms with van der Waals surface area (Å²) in [7, 11) is 0. The molecule has 0 spiro atoms. The molecule has 1 aliphatic rings. The zero-order valence-electron chi connectivity index (χ0n) is 13.2. The molecular weight excluding hydrogens is 304 g/mol. The lowest BCUT2D eigenvalue weighted by Gasteiger charge is -2.25. The van der Waals surface area contributed by atoms with Crippen LogP contribution in [0.15, 0.2) is 48.9 Å². The summed E-state index contributed by atoms with van der Waals surface area (Å²) in [6.07, 6.45) is 7.13. The van der Waals surface area contributed by atoms with E-state index in [2.05, 4.69) is 15.2 Å². The Hall–Kier alpha value is -2.73. The molecule has 1 unspecified atom stereocenters. The number of benzene rings is 1. The summed E-state index contributed by atoms with van der Waals surface area (Å²) in [5.41, 5.74) is 2.35. The van der Waals surface area contributed by atoms with E-state index in [1.54, 1.807) is 23.4 Å². The molecule has 1 aliphatic heterocycles. The van der Waals surface area contributed by atoms with Crippen molar-refractivity contribution in [1.82, 2.24) is 15.2 Å². The van der Waals surface area contributed by atoms with Gasteiger partial charge in [-0.15, -0.1) is 0 Å². The number of aromatic amines is 1. The first-order valence-corrected chi connectivity index (χ1v) is 8.09. The number of hydrogen-bond donors (Lipinski definition) is 1. The minimum atomic E-state index is -0.0521. The monoisotopic (exact) mass is 322 g/mol. The van der Waals surface area contributed by atoms with Gasteiger partial charge in [0.2, 0.25) is 0 Å². The second-order valence-electron chi connectivity index (χ2n) is 5.90. The number of nitrogens with one attached hydrogen (secondary N) is 1. The lowest BCUT2D eigenvalue weighted by molar-refractivity contribution is 0.0918.